The van der Waals surface area contributed by atoms with Crippen molar-refractivity contribution < 1.29 is 13.9 Å². The third-order valence-corrected chi connectivity index (χ3v) is 3.68. The van der Waals surface area contributed by atoms with Crippen molar-refractivity contribution in [2.45, 2.75) is 25.8 Å². The first kappa shape index (κ1) is 14.6. The number of ether oxygens (including phenoxy) is 1. The smallest absolute Gasteiger partial charge is 0.276 e. The highest BCUT2D eigenvalue weighted by molar-refractivity contribution is 5.92. The molecule has 1 aliphatic rings. The minimum atomic E-state index is -0.107. The second-order valence-corrected chi connectivity index (χ2v) is 5.21. The highest BCUT2D eigenvalue weighted by atomic mass is 16.5. The van der Waals surface area contributed by atoms with Gasteiger partial charge in [-0.2, -0.15) is 0 Å². The summed E-state index contributed by atoms with van der Waals surface area (Å²) < 4.78 is 10.7. The van der Waals surface area contributed by atoms with Crippen LogP contribution >= 0.6 is 0 Å². The van der Waals surface area contributed by atoms with E-state index in [9.17, 15) is 4.79 Å². The number of aryl methyl sites for hydroxylation is 2. The second kappa shape index (κ2) is 6.65. The Bertz CT molecular complexity index is 629. The van der Waals surface area contributed by atoms with Gasteiger partial charge >= 0.3 is 0 Å². The van der Waals surface area contributed by atoms with Gasteiger partial charge in [0.05, 0.1) is 24.9 Å². The standard InChI is InChI=1S/C15H18N4O3/c1-11-18-14(10-22-11)15(20)19-6-7-21-9-13(19)3-2-12-8-16-4-5-17-12/h4-5,8,10,13H,2-3,6-7,9H2,1H3/t13-/m1/s1. The number of morpholine rings is 1. The van der Waals surface area contributed by atoms with Crippen LogP contribution in [0.2, 0.25) is 0 Å². The molecule has 1 saturated heterocycles. The summed E-state index contributed by atoms with van der Waals surface area (Å²) in [6, 6.07) is 0.0141. The molecule has 1 aliphatic heterocycles. The lowest BCUT2D eigenvalue weighted by molar-refractivity contribution is -0.00444. The van der Waals surface area contributed by atoms with Gasteiger partial charge in [0, 0.05) is 32.1 Å². The molecule has 1 fully saturated rings. The molecule has 0 unspecified atom stereocenters. The second-order valence-electron chi connectivity index (χ2n) is 5.21. The first-order valence-corrected chi connectivity index (χ1v) is 7.30. The van der Waals surface area contributed by atoms with E-state index in [1.165, 1.54) is 6.26 Å². The number of hydrogen-bond acceptors (Lipinski definition) is 6. The van der Waals surface area contributed by atoms with E-state index in [2.05, 4.69) is 15.0 Å². The summed E-state index contributed by atoms with van der Waals surface area (Å²) in [5.74, 6) is 0.386. The van der Waals surface area contributed by atoms with Crippen molar-refractivity contribution >= 4 is 5.91 Å². The predicted molar refractivity (Wildman–Crippen MR) is 77.2 cm³/mol. The zero-order valence-electron chi connectivity index (χ0n) is 12.4. The quantitative estimate of drug-likeness (QED) is 0.845. The number of rotatable bonds is 4. The predicted octanol–water partition coefficient (Wildman–Crippen LogP) is 1.25. The fraction of sp³-hybridized carbons (Fsp3) is 0.467. The molecule has 0 radical (unpaired) electrons. The molecular weight excluding hydrogens is 284 g/mol. The molecule has 1 atom stereocenters. The van der Waals surface area contributed by atoms with Crippen molar-refractivity contribution in [3.05, 3.63) is 42.1 Å². The molecular formula is C15H18N4O3. The zero-order chi connectivity index (χ0) is 15.4. The molecule has 0 N–H and O–H groups in total. The molecule has 0 spiro atoms. The molecule has 0 aliphatic carbocycles. The third kappa shape index (κ3) is 3.30. The number of carbonyl (C=O) groups excluding carboxylic acids is 1. The van der Waals surface area contributed by atoms with Crippen LogP contribution < -0.4 is 0 Å². The van der Waals surface area contributed by atoms with Gasteiger partial charge in [0.1, 0.15) is 6.26 Å². The molecule has 3 heterocycles. The SMILES string of the molecule is Cc1nc(C(=O)N2CCOC[C@H]2CCc2cnccn2)co1. The van der Waals surface area contributed by atoms with Gasteiger partial charge in [-0.05, 0) is 12.8 Å². The number of hydrogen-bond donors (Lipinski definition) is 0. The molecule has 7 heteroatoms. The Kier molecular flexibility index (Phi) is 4.43. The van der Waals surface area contributed by atoms with Gasteiger partial charge in [0.25, 0.3) is 5.91 Å². The van der Waals surface area contributed by atoms with Gasteiger partial charge in [-0.25, -0.2) is 4.98 Å². The number of aromatic nitrogens is 3. The Labute approximate surface area is 128 Å². The van der Waals surface area contributed by atoms with E-state index in [0.29, 0.717) is 31.3 Å². The highest BCUT2D eigenvalue weighted by Crippen LogP contribution is 2.16. The van der Waals surface area contributed by atoms with E-state index in [0.717, 1.165) is 18.5 Å². The normalized spacial score (nSPS) is 18.4. The molecule has 0 bridgehead atoms. The Morgan fingerprint density at radius 3 is 3.09 bits per heavy atom. The number of nitrogens with zero attached hydrogens (tertiary/aromatic N) is 4. The van der Waals surface area contributed by atoms with Gasteiger partial charge in [-0.15, -0.1) is 0 Å². The van der Waals surface area contributed by atoms with Crippen LogP contribution in [0.5, 0.6) is 0 Å². The maximum Gasteiger partial charge on any atom is 0.276 e. The largest absolute Gasteiger partial charge is 0.448 e. The van der Waals surface area contributed by atoms with Gasteiger partial charge in [0.2, 0.25) is 0 Å². The molecule has 2 aromatic rings. The summed E-state index contributed by atoms with van der Waals surface area (Å²) >= 11 is 0. The highest BCUT2D eigenvalue weighted by Gasteiger charge is 2.29. The van der Waals surface area contributed by atoms with Crippen molar-refractivity contribution in [2.75, 3.05) is 19.8 Å². The van der Waals surface area contributed by atoms with E-state index in [4.69, 9.17) is 9.15 Å². The average molecular weight is 302 g/mol. The maximum absolute atomic E-state index is 12.6. The van der Waals surface area contributed by atoms with Crippen LogP contribution in [-0.2, 0) is 11.2 Å². The van der Waals surface area contributed by atoms with Crippen LogP contribution in [0.4, 0.5) is 0 Å². The van der Waals surface area contributed by atoms with E-state index in [1.807, 2.05) is 4.90 Å². The van der Waals surface area contributed by atoms with Crippen molar-refractivity contribution in [3.63, 3.8) is 0 Å². The number of oxazole rings is 1. The third-order valence-electron chi connectivity index (χ3n) is 3.68. The Morgan fingerprint density at radius 1 is 1.45 bits per heavy atom. The summed E-state index contributed by atoms with van der Waals surface area (Å²) in [6.45, 7) is 3.37. The monoisotopic (exact) mass is 302 g/mol. The molecule has 7 nitrogen and oxygen atoms in total. The minimum absolute atomic E-state index is 0.0141. The van der Waals surface area contributed by atoms with E-state index in [-0.39, 0.29) is 11.9 Å². The van der Waals surface area contributed by atoms with Crippen LogP contribution in [0, 0.1) is 6.92 Å². The first-order chi connectivity index (χ1) is 10.7. The van der Waals surface area contributed by atoms with Crippen LogP contribution in [0.15, 0.2) is 29.3 Å². The summed E-state index contributed by atoms with van der Waals surface area (Å²) in [6.07, 6.45) is 8.01. The zero-order valence-corrected chi connectivity index (χ0v) is 12.4. The van der Waals surface area contributed by atoms with E-state index >= 15 is 0 Å². The van der Waals surface area contributed by atoms with Gasteiger partial charge in [-0.1, -0.05) is 0 Å². The average Bonchev–Trinajstić information content (AvgIpc) is 3.00. The molecule has 0 aromatic carbocycles. The summed E-state index contributed by atoms with van der Waals surface area (Å²) in [4.78, 5) is 26.8. The first-order valence-electron chi connectivity index (χ1n) is 7.30. The van der Waals surface area contributed by atoms with Crippen LogP contribution in [0.1, 0.15) is 28.5 Å². The Morgan fingerprint density at radius 2 is 2.36 bits per heavy atom. The van der Waals surface area contributed by atoms with Crippen molar-refractivity contribution in [2.24, 2.45) is 0 Å². The molecule has 1 amide bonds. The summed E-state index contributed by atoms with van der Waals surface area (Å²) in [5.41, 5.74) is 1.27. The topological polar surface area (TPSA) is 81.4 Å². The van der Waals surface area contributed by atoms with E-state index in [1.54, 1.807) is 25.5 Å². The van der Waals surface area contributed by atoms with Crippen molar-refractivity contribution in [3.8, 4) is 0 Å². The van der Waals surface area contributed by atoms with Gasteiger partial charge < -0.3 is 14.1 Å². The molecule has 3 rings (SSSR count). The fourth-order valence-electron chi connectivity index (χ4n) is 2.54. The van der Waals surface area contributed by atoms with E-state index < -0.39 is 0 Å². The lowest BCUT2D eigenvalue weighted by Gasteiger charge is -2.35. The molecule has 116 valence electrons. The lowest BCUT2D eigenvalue weighted by atomic mass is 10.1. The van der Waals surface area contributed by atoms with Crippen molar-refractivity contribution in [1.82, 2.24) is 19.9 Å². The molecule has 2 aromatic heterocycles. The maximum atomic E-state index is 12.6. The number of amides is 1. The van der Waals surface area contributed by atoms with Gasteiger partial charge in [-0.3, -0.25) is 14.8 Å². The number of carbonyl (C=O) groups is 1. The summed E-state index contributed by atoms with van der Waals surface area (Å²) in [7, 11) is 0. The molecule has 0 saturated carbocycles. The Hall–Kier alpha value is -2.28. The van der Waals surface area contributed by atoms with Gasteiger partial charge in [0.15, 0.2) is 11.6 Å². The van der Waals surface area contributed by atoms with Crippen molar-refractivity contribution in [1.29, 1.82) is 0 Å². The van der Waals surface area contributed by atoms with Crippen LogP contribution in [0.3, 0.4) is 0 Å². The van der Waals surface area contributed by atoms with Crippen LogP contribution in [0.25, 0.3) is 0 Å². The molecule has 22 heavy (non-hydrogen) atoms. The Balaban J connectivity index is 1.67. The minimum Gasteiger partial charge on any atom is -0.448 e. The van der Waals surface area contributed by atoms with Crippen LogP contribution in [-0.4, -0.2) is 51.6 Å². The summed E-state index contributed by atoms with van der Waals surface area (Å²) in [5, 5.41) is 0. The fourth-order valence-corrected chi connectivity index (χ4v) is 2.54. The lowest BCUT2D eigenvalue weighted by Crippen LogP contribution is -2.49.